The lowest BCUT2D eigenvalue weighted by molar-refractivity contribution is -0.0632. The second kappa shape index (κ2) is 7.43. The molecule has 0 aromatic carbocycles. The Kier molecular flexibility index (Phi) is 6.10. The summed E-state index contributed by atoms with van der Waals surface area (Å²) in [4.78, 5) is 2.78. The highest BCUT2D eigenvalue weighted by Crippen LogP contribution is 2.33. The van der Waals surface area contributed by atoms with Gasteiger partial charge >= 0.3 is 0 Å². The first kappa shape index (κ1) is 17.2. The van der Waals surface area contributed by atoms with Gasteiger partial charge in [-0.1, -0.05) is 27.7 Å². The lowest BCUT2D eigenvalue weighted by Crippen LogP contribution is -2.70. The number of ether oxygens (including phenoxy) is 1. The number of piperazine rings is 1. The van der Waals surface area contributed by atoms with Crippen LogP contribution in [0.1, 0.15) is 72.6 Å². The first-order valence-corrected chi connectivity index (χ1v) is 9.25. The van der Waals surface area contributed by atoms with Gasteiger partial charge in [0.25, 0.3) is 0 Å². The Morgan fingerprint density at radius 3 is 2.29 bits per heavy atom. The van der Waals surface area contributed by atoms with Crippen molar-refractivity contribution in [1.29, 1.82) is 0 Å². The molecule has 0 saturated carbocycles. The maximum Gasteiger partial charge on any atom is 0.0702 e. The third kappa shape index (κ3) is 3.62. The molecule has 2 fully saturated rings. The molecule has 2 aliphatic rings. The van der Waals surface area contributed by atoms with Gasteiger partial charge in [0, 0.05) is 37.3 Å². The first-order valence-electron chi connectivity index (χ1n) is 9.25. The standard InChI is InChI=1S/C18H36N2O/c1-5-17(6-2)15-20(13-16-11-9-10-12-21-16)18(7-3,8-4)14-19-17/h16,19H,5-15H2,1-4H3. The summed E-state index contributed by atoms with van der Waals surface area (Å²) in [6, 6.07) is 0. The Labute approximate surface area is 131 Å². The number of rotatable bonds is 6. The van der Waals surface area contributed by atoms with Gasteiger partial charge in [0.2, 0.25) is 0 Å². The molecule has 1 unspecified atom stereocenters. The van der Waals surface area contributed by atoms with Crippen LogP contribution in [0.2, 0.25) is 0 Å². The van der Waals surface area contributed by atoms with Gasteiger partial charge in [-0.05, 0) is 44.9 Å². The van der Waals surface area contributed by atoms with E-state index in [1.807, 2.05) is 0 Å². The Morgan fingerprint density at radius 1 is 1.05 bits per heavy atom. The van der Waals surface area contributed by atoms with Crippen LogP contribution in [-0.4, -0.2) is 48.3 Å². The molecule has 0 spiro atoms. The second-order valence-electron chi connectivity index (χ2n) is 7.14. The fourth-order valence-corrected chi connectivity index (χ4v) is 4.18. The molecule has 0 aromatic rings. The van der Waals surface area contributed by atoms with Crippen LogP contribution >= 0.6 is 0 Å². The molecular formula is C18H36N2O. The Balaban J connectivity index is 2.12. The van der Waals surface area contributed by atoms with Gasteiger partial charge < -0.3 is 10.1 Å². The van der Waals surface area contributed by atoms with E-state index in [0.29, 0.717) is 17.2 Å². The van der Waals surface area contributed by atoms with Crippen LogP contribution in [0.15, 0.2) is 0 Å². The van der Waals surface area contributed by atoms with Crippen LogP contribution < -0.4 is 5.32 Å². The SMILES string of the molecule is CCC1(CC)CN(CC2CCCCO2)C(CC)(CC)CN1. The molecule has 2 rings (SSSR count). The zero-order chi connectivity index (χ0) is 15.3. The van der Waals surface area contributed by atoms with Gasteiger partial charge in [-0.25, -0.2) is 0 Å². The molecule has 0 radical (unpaired) electrons. The molecule has 1 N–H and O–H groups in total. The lowest BCUT2D eigenvalue weighted by atomic mass is 9.80. The van der Waals surface area contributed by atoms with Gasteiger partial charge in [-0.2, -0.15) is 0 Å². The van der Waals surface area contributed by atoms with E-state index in [2.05, 4.69) is 37.9 Å². The van der Waals surface area contributed by atoms with E-state index in [0.717, 1.165) is 19.7 Å². The van der Waals surface area contributed by atoms with E-state index in [9.17, 15) is 0 Å². The summed E-state index contributed by atoms with van der Waals surface area (Å²) >= 11 is 0. The van der Waals surface area contributed by atoms with Crippen molar-refractivity contribution in [3.05, 3.63) is 0 Å². The average molecular weight is 296 g/mol. The van der Waals surface area contributed by atoms with Crippen molar-refractivity contribution in [2.75, 3.05) is 26.2 Å². The zero-order valence-corrected chi connectivity index (χ0v) is 14.7. The summed E-state index contributed by atoms with van der Waals surface area (Å²) in [6.07, 6.45) is 9.19. The summed E-state index contributed by atoms with van der Waals surface area (Å²) in [6.45, 7) is 13.8. The summed E-state index contributed by atoms with van der Waals surface area (Å²) in [7, 11) is 0. The van der Waals surface area contributed by atoms with Crippen LogP contribution in [-0.2, 0) is 4.74 Å². The zero-order valence-electron chi connectivity index (χ0n) is 14.7. The second-order valence-corrected chi connectivity index (χ2v) is 7.14. The van der Waals surface area contributed by atoms with Crippen molar-refractivity contribution < 1.29 is 4.74 Å². The van der Waals surface area contributed by atoms with E-state index < -0.39 is 0 Å². The summed E-state index contributed by atoms with van der Waals surface area (Å²) in [5, 5.41) is 3.91. The summed E-state index contributed by atoms with van der Waals surface area (Å²) < 4.78 is 6.04. The van der Waals surface area contributed by atoms with Crippen LogP contribution in [0.5, 0.6) is 0 Å². The predicted molar refractivity (Wildman–Crippen MR) is 89.8 cm³/mol. The Bertz CT molecular complexity index is 304. The van der Waals surface area contributed by atoms with Crippen molar-refractivity contribution >= 4 is 0 Å². The average Bonchev–Trinajstić information content (AvgIpc) is 2.56. The van der Waals surface area contributed by atoms with Gasteiger partial charge in [0.15, 0.2) is 0 Å². The van der Waals surface area contributed by atoms with Crippen molar-refractivity contribution in [2.45, 2.75) is 89.8 Å². The highest BCUT2D eigenvalue weighted by molar-refractivity contribution is 5.04. The first-order chi connectivity index (χ1) is 10.1. The monoisotopic (exact) mass is 296 g/mol. The molecule has 0 amide bonds. The fraction of sp³-hybridized carbons (Fsp3) is 1.00. The summed E-state index contributed by atoms with van der Waals surface area (Å²) in [5.74, 6) is 0. The molecule has 21 heavy (non-hydrogen) atoms. The Morgan fingerprint density at radius 2 is 1.76 bits per heavy atom. The van der Waals surface area contributed by atoms with E-state index in [-0.39, 0.29) is 0 Å². The maximum absolute atomic E-state index is 6.04. The largest absolute Gasteiger partial charge is 0.377 e. The van der Waals surface area contributed by atoms with Crippen molar-refractivity contribution in [3.63, 3.8) is 0 Å². The predicted octanol–water partition coefficient (Wildman–Crippen LogP) is 3.58. The highest BCUT2D eigenvalue weighted by Gasteiger charge is 2.44. The maximum atomic E-state index is 6.04. The van der Waals surface area contributed by atoms with Gasteiger partial charge in [-0.3, -0.25) is 4.90 Å². The molecule has 3 nitrogen and oxygen atoms in total. The molecule has 0 aliphatic carbocycles. The van der Waals surface area contributed by atoms with E-state index in [1.54, 1.807) is 0 Å². The molecular weight excluding hydrogens is 260 g/mol. The number of hydrogen-bond donors (Lipinski definition) is 1. The van der Waals surface area contributed by atoms with E-state index >= 15 is 0 Å². The molecule has 3 heteroatoms. The van der Waals surface area contributed by atoms with Crippen molar-refractivity contribution in [1.82, 2.24) is 10.2 Å². The van der Waals surface area contributed by atoms with Crippen molar-refractivity contribution in [2.24, 2.45) is 0 Å². The minimum absolute atomic E-state index is 0.308. The molecule has 1 atom stereocenters. The topological polar surface area (TPSA) is 24.5 Å². The third-order valence-electron chi connectivity index (χ3n) is 6.32. The highest BCUT2D eigenvalue weighted by atomic mass is 16.5. The third-order valence-corrected chi connectivity index (χ3v) is 6.32. The van der Waals surface area contributed by atoms with Crippen LogP contribution in [0, 0.1) is 0 Å². The van der Waals surface area contributed by atoms with E-state index in [1.165, 1.54) is 51.5 Å². The van der Waals surface area contributed by atoms with Crippen LogP contribution in [0.3, 0.4) is 0 Å². The van der Waals surface area contributed by atoms with E-state index in [4.69, 9.17) is 4.74 Å². The minimum Gasteiger partial charge on any atom is -0.377 e. The number of nitrogens with one attached hydrogen (secondary N) is 1. The molecule has 0 bridgehead atoms. The minimum atomic E-state index is 0.308. The lowest BCUT2D eigenvalue weighted by Gasteiger charge is -2.55. The smallest absolute Gasteiger partial charge is 0.0702 e. The fourth-order valence-electron chi connectivity index (χ4n) is 4.18. The van der Waals surface area contributed by atoms with Crippen LogP contribution in [0.25, 0.3) is 0 Å². The normalized spacial score (nSPS) is 29.4. The molecule has 2 saturated heterocycles. The summed E-state index contributed by atoms with van der Waals surface area (Å²) in [5.41, 5.74) is 0.636. The molecule has 2 aliphatic heterocycles. The molecule has 0 aromatic heterocycles. The molecule has 2 heterocycles. The van der Waals surface area contributed by atoms with Gasteiger partial charge in [0.1, 0.15) is 0 Å². The number of nitrogens with zero attached hydrogens (tertiary/aromatic N) is 1. The quantitative estimate of drug-likeness (QED) is 0.811. The van der Waals surface area contributed by atoms with Crippen molar-refractivity contribution in [3.8, 4) is 0 Å². The van der Waals surface area contributed by atoms with Gasteiger partial charge in [-0.15, -0.1) is 0 Å². The molecule has 124 valence electrons. The number of hydrogen-bond acceptors (Lipinski definition) is 3. The Hall–Kier alpha value is -0.120. The van der Waals surface area contributed by atoms with Gasteiger partial charge in [0.05, 0.1) is 6.10 Å². The van der Waals surface area contributed by atoms with Crippen LogP contribution in [0.4, 0.5) is 0 Å².